The van der Waals surface area contributed by atoms with Gasteiger partial charge in [0, 0.05) is 11.8 Å². The first kappa shape index (κ1) is 15.6. The number of halogens is 3. The van der Waals surface area contributed by atoms with Crippen molar-refractivity contribution in [3.05, 3.63) is 51.2 Å². The van der Waals surface area contributed by atoms with Crippen molar-refractivity contribution in [1.82, 2.24) is 0 Å². The molecule has 0 fully saturated rings. The molecular formula is C14H10BrClFNO3. The standard InChI is InChI=1S/C14H10BrClFNO3/c1-20-14(19)8-4-7(18)2-3-12(8)21-13-6-11(17)10(16)5-9(13)15/h2-6H,18H2,1H3. The highest BCUT2D eigenvalue weighted by Crippen LogP contribution is 2.35. The van der Waals surface area contributed by atoms with Gasteiger partial charge in [-0.15, -0.1) is 0 Å². The van der Waals surface area contributed by atoms with Crippen molar-refractivity contribution in [1.29, 1.82) is 0 Å². The van der Waals surface area contributed by atoms with E-state index in [-0.39, 0.29) is 22.1 Å². The van der Waals surface area contributed by atoms with Gasteiger partial charge in [0.05, 0.1) is 16.6 Å². The lowest BCUT2D eigenvalue weighted by Gasteiger charge is -2.12. The molecule has 0 spiro atoms. The van der Waals surface area contributed by atoms with Crippen LogP contribution in [0.4, 0.5) is 10.1 Å². The maximum Gasteiger partial charge on any atom is 0.341 e. The number of hydrogen-bond donors (Lipinski definition) is 1. The Labute approximate surface area is 133 Å². The minimum atomic E-state index is -0.634. The molecular weight excluding hydrogens is 365 g/mol. The Hall–Kier alpha value is -1.79. The number of nitrogens with two attached hydrogens (primary N) is 1. The fourth-order valence-corrected chi connectivity index (χ4v) is 2.33. The van der Waals surface area contributed by atoms with Gasteiger partial charge in [-0.05, 0) is 40.2 Å². The molecule has 0 aromatic heterocycles. The molecule has 0 amide bonds. The second-order valence-corrected chi connectivity index (χ2v) is 5.31. The Morgan fingerprint density at radius 1 is 1.29 bits per heavy atom. The zero-order chi connectivity index (χ0) is 15.6. The lowest BCUT2D eigenvalue weighted by Crippen LogP contribution is -2.05. The molecule has 0 unspecified atom stereocenters. The minimum Gasteiger partial charge on any atom is -0.465 e. The highest BCUT2D eigenvalue weighted by Gasteiger charge is 2.16. The molecule has 0 aliphatic rings. The van der Waals surface area contributed by atoms with Gasteiger partial charge in [0.25, 0.3) is 0 Å². The first-order valence-electron chi connectivity index (χ1n) is 5.72. The average Bonchev–Trinajstić information content (AvgIpc) is 2.45. The second-order valence-electron chi connectivity index (χ2n) is 4.05. The maximum atomic E-state index is 13.5. The minimum absolute atomic E-state index is 0.0419. The van der Waals surface area contributed by atoms with Crippen LogP contribution in [0.3, 0.4) is 0 Å². The molecule has 0 bridgehead atoms. The van der Waals surface area contributed by atoms with Crippen LogP contribution in [-0.2, 0) is 4.74 Å². The third-order valence-electron chi connectivity index (χ3n) is 2.60. The molecule has 2 aromatic rings. The molecule has 7 heteroatoms. The van der Waals surface area contributed by atoms with Gasteiger partial charge in [-0.3, -0.25) is 0 Å². The van der Waals surface area contributed by atoms with E-state index in [0.29, 0.717) is 10.2 Å². The van der Waals surface area contributed by atoms with E-state index in [1.54, 1.807) is 6.07 Å². The van der Waals surface area contributed by atoms with Crippen LogP contribution in [0, 0.1) is 5.82 Å². The van der Waals surface area contributed by atoms with E-state index in [1.165, 1.54) is 25.3 Å². The molecule has 0 heterocycles. The molecule has 2 rings (SSSR count). The predicted octanol–water partition coefficient (Wildman–Crippen LogP) is 4.40. The van der Waals surface area contributed by atoms with Crippen LogP contribution in [-0.4, -0.2) is 13.1 Å². The van der Waals surface area contributed by atoms with Gasteiger partial charge in [-0.25, -0.2) is 9.18 Å². The molecule has 4 nitrogen and oxygen atoms in total. The average molecular weight is 375 g/mol. The number of ether oxygens (including phenoxy) is 2. The monoisotopic (exact) mass is 373 g/mol. The van der Waals surface area contributed by atoms with Crippen molar-refractivity contribution in [2.75, 3.05) is 12.8 Å². The third kappa shape index (κ3) is 3.46. The van der Waals surface area contributed by atoms with Crippen LogP contribution in [0.2, 0.25) is 5.02 Å². The first-order valence-corrected chi connectivity index (χ1v) is 6.89. The Morgan fingerprint density at radius 3 is 2.67 bits per heavy atom. The Morgan fingerprint density at radius 2 is 2.00 bits per heavy atom. The third-order valence-corrected chi connectivity index (χ3v) is 3.51. The Bertz CT molecular complexity index is 709. The number of nitrogen functional groups attached to an aromatic ring is 1. The number of methoxy groups -OCH3 is 1. The molecule has 0 aliphatic carbocycles. The summed E-state index contributed by atoms with van der Waals surface area (Å²) in [6.45, 7) is 0. The molecule has 0 atom stereocenters. The SMILES string of the molecule is COC(=O)c1cc(N)ccc1Oc1cc(F)c(Cl)cc1Br. The van der Waals surface area contributed by atoms with Gasteiger partial charge in [-0.1, -0.05) is 11.6 Å². The number of carbonyl (C=O) groups excluding carboxylic acids is 1. The zero-order valence-corrected chi connectivity index (χ0v) is 13.2. The number of rotatable bonds is 3. The fourth-order valence-electron chi connectivity index (χ4n) is 1.61. The first-order chi connectivity index (χ1) is 9.92. The summed E-state index contributed by atoms with van der Waals surface area (Å²) < 4.78 is 24.2. The number of benzene rings is 2. The van der Waals surface area contributed by atoms with Crippen molar-refractivity contribution in [3.63, 3.8) is 0 Å². The van der Waals surface area contributed by atoms with Crippen molar-refractivity contribution in [2.45, 2.75) is 0 Å². The summed E-state index contributed by atoms with van der Waals surface area (Å²) in [6, 6.07) is 6.95. The van der Waals surface area contributed by atoms with Gasteiger partial charge in [0.2, 0.25) is 0 Å². The van der Waals surface area contributed by atoms with Gasteiger partial charge in [-0.2, -0.15) is 0 Å². The van der Waals surface area contributed by atoms with E-state index >= 15 is 0 Å². The quantitative estimate of drug-likeness (QED) is 0.491. The topological polar surface area (TPSA) is 61.5 Å². The Balaban J connectivity index is 2.44. The van der Waals surface area contributed by atoms with Crippen LogP contribution in [0.25, 0.3) is 0 Å². The van der Waals surface area contributed by atoms with Crippen LogP contribution < -0.4 is 10.5 Å². The molecule has 0 saturated carbocycles. The molecule has 0 aliphatic heterocycles. The number of carbonyl (C=O) groups is 1. The van der Waals surface area contributed by atoms with E-state index in [9.17, 15) is 9.18 Å². The fraction of sp³-hybridized carbons (Fsp3) is 0.0714. The van der Waals surface area contributed by atoms with E-state index in [4.69, 9.17) is 22.1 Å². The summed E-state index contributed by atoms with van der Waals surface area (Å²) in [7, 11) is 1.24. The predicted molar refractivity (Wildman–Crippen MR) is 81.4 cm³/mol. The molecule has 2 aromatic carbocycles. The van der Waals surface area contributed by atoms with Crippen molar-refractivity contribution in [3.8, 4) is 11.5 Å². The molecule has 110 valence electrons. The summed E-state index contributed by atoms with van der Waals surface area (Å²) in [6.07, 6.45) is 0. The molecule has 2 N–H and O–H groups in total. The normalized spacial score (nSPS) is 10.3. The summed E-state index contributed by atoms with van der Waals surface area (Å²) in [5, 5.41) is -0.0419. The van der Waals surface area contributed by atoms with Gasteiger partial charge >= 0.3 is 5.97 Å². The molecule has 0 radical (unpaired) electrons. The van der Waals surface area contributed by atoms with Crippen LogP contribution in [0.5, 0.6) is 11.5 Å². The van der Waals surface area contributed by atoms with Crippen LogP contribution in [0.1, 0.15) is 10.4 Å². The lowest BCUT2D eigenvalue weighted by atomic mass is 10.2. The number of hydrogen-bond acceptors (Lipinski definition) is 4. The summed E-state index contributed by atoms with van der Waals surface area (Å²) in [5.41, 5.74) is 6.15. The summed E-state index contributed by atoms with van der Waals surface area (Å²) in [5.74, 6) is -0.877. The van der Waals surface area contributed by atoms with Gasteiger partial charge in [0.15, 0.2) is 0 Å². The van der Waals surface area contributed by atoms with Crippen molar-refractivity contribution >= 4 is 39.2 Å². The zero-order valence-electron chi connectivity index (χ0n) is 10.8. The second kappa shape index (κ2) is 6.32. The van der Waals surface area contributed by atoms with Gasteiger partial charge < -0.3 is 15.2 Å². The largest absolute Gasteiger partial charge is 0.465 e. The summed E-state index contributed by atoms with van der Waals surface area (Å²) >= 11 is 8.88. The van der Waals surface area contributed by atoms with E-state index in [2.05, 4.69) is 20.7 Å². The Kier molecular flexibility index (Phi) is 4.69. The van der Waals surface area contributed by atoms with E-state index < -0.39 is 11.8 Å². The highest BCUT2D eigenvalue weighted by molar-refractivity contribution is 9.10. The van der Waals surface area contributed by atoms with Crippen molar-refractivity contribution in [2.24, 2.45) is 0 Å². The maximum absolute atomic E-state index is 13.5. The van der Waals surface area contributed by atoms with Crippen LogP contribution in [0.15, 0.2) is 34.8 Å². The summed E-state index contributed by atoms with van der Waals surface area (Å²) in [4.78, 5) is 11.7. The lowest BCUT2D eigenvalue weighted by molar-refractivity contribution is 0.0598. The van der Waals surface area contributed by atoms with E-state index in [0.717, 1.165) is 6.07 Å². The van der Waals surface area contributed by atoms with E-state index in [1.807, 2.05) is 0 Å². The number of esters is 1. The molecule has 21 heavy (non-hydrogen) atoms. The molecule has 0 saturated heterocycles. The smallest absolute Gasteiger partial charge is 0.341 e. The van der Waals surface area contributed by atoms with Gasteiger partial charge in [0.1, 0.15) is 22.9 Å². The van der Waals surface area contributed by atoms with Crippen molar-refractivity contribution < 1.29 is 18.7 Å². The van der Waals surface area contributed by atoms with Crippen LogP contribution >= 0.6 is 27.5 Å². The number of anilines is 1. The highest BCUT2D eigenvalue weighted by atomic mass is 79.9.